The van der Waals surface area contributed by atoms with Crippen LogP contribution in [0, 0.1) is 11.8 Å². The molecule has 2 aromatic rings. The fourth-order valence-corrected chi connectivity index (χ4v) is 2.44. The number of amides is 1. The average Bonchev–Trinajstić information content (AvgIpc) is 2.93. The number of carbonyl (C=O) groups is 1. The van der Waals surface area contributed by atoms with Crippen molar-refractivity contribution in [3.8, 4) is 17.6 Å². The van der Waals surface area contributed by atoms with Gasteiger partial charge in [-0.25, -0.2) is 4.79 Å². The van der Waals surface area contributed by atoms with E-state index in [4.69, 9.17) is 10.5 Å². The summed E-state index contributed by atoms with van der Waals surface area (Å²) >= 11 is 1.54. The molecule has 0 bridgehead atoms. The smallest absolute Gasteiger partial charge is 0.410 e. The maximum absolute atomic E-state index is 12.0. The van der Waals surface area contributed by atoms with E-state index in [-0.39, 0.29) is 6.09 Å². The van der Waals surface area contributed by atoms with E-state index in [0.717, 1.165) is 10.4 Å². The molecule has 2 rings (SSSR count). The zero-order valence-electron chi connectivity index (χ0n) is 11.7. The molecule has 0 radical (unpaired) electrons. The summed E-state index contributed by atoms with van der Waals surface area (Å²) in [6.45, 7) is 0.822. The van der Waals surface area contributed by atoms with Crippen LogP contribution < -0.4 is 10.5 Å². The summed E-state index contributed by atoms with van der Waals surface area (Å²) in [5, 5.41) is 1.98. The first-order chi connectivity index (χ1) is 10.2. The summed E-state index contributed by atoms with van der Waals surface area (Å²) in [6.07, 6.45) is -0.387. The highest BCUT2D eigenvalue weighted by molar-refractivity contribution is 7.10. The van der Waals surface area contributed by atoms with Crippen LogP contribution in [0.5, 0.6) is 5.75 Å². The lowest BCUT2D eigenvalue weighted by Crippen LogP contribution is -2.28. The Morgan fingerprint density at radius 3 is 2.86 bits per heavy atom. The molecule has 1 aromatic carbocycles. The first-order valence-electron chi connectivity index (χ1n) is 6.43. The number of nitrogens with two attached hydrogens (primary N) is 1. The number of ether oxygens (including phenoxy) is 1. The number of hydrogen-bond donors (Lipinski definition) is 1. The van der Waals surface area contributed by atoms with Gasteiger partial charge in [-0.3, -0.25) is 0 Å². The van der Waals surface area contributed by atoms with E-state index in [2.05, 4.69) is 11.8 Å². The van der Waals surface area contributed by atoms with Gasteiger partial charge in [-0.1, -0.05) is 30.0 Å². The molecule has 5 heteroatoms. The van der Waals surface area contributed by atoms with Gasteiger partial charge in [0, 0.05) is 13.6 Å². The van der Waals surface area contributed by atoms with Crippen molar-refractivity contribution in [1.82, 2.24) is 4.90 Å². The molecule has 0 fully saturated rings. The highest BCUT2D eigenvalue weighted by atomic mass is 32.1. The Morgan fingerprint density at radius 2 is 2.14 bits per heavy atom. The second kappa shape index (κ2) is 7.48. The van der Waals surface area contributed by atoms with Crippen LogP contribution in [0.4, 0.5) is 4.79 Å². The predicted molar refractivity (Wildman–Crippen MR) is 84.2 cm³/mol. The van der Waals surface area contributed by atoms with E-state index >= 15 is 0 Å². The Hall–Kier alpha value is -2.29. The van der Waals surface area contributed by atoms with Crippen LogP contribution >= 0.6 is 11.3 Å². The van der Waals surface area contributed by atoms with Crippen molar-refractivity contribution in [3.63, 3.8) is 0 Å². The molecule has 1 amide bonds. The summed E-state index contributed by atoms with van der Waals surface area (Å²) in [4.78, 5) is 14.4. The summed E-state index contributed by atoms with van der Waals surface area (Å²) in [5.74, 6) is 6.32. The van der Waals surface area contributed by atoms with Gasteiger partial charge < -0.3 is 15.4 Å². The second-order valence-corrected chi connectivity index (χ2v) is 5.27. The molecule has 0 aliphatic heterocycles. The van der Waals surface area contributed by atoms with E-state index in [1.807, 2.05) is 29.6 Å². The van der Waals surface area contributed by atoms with Crippen molar-refractivity contribution in [2.45, 2.75) is 6.54 Å². The van der Waals surface area contributed by atoms with E-state index in [1.54, 1.807) is 19.2 Å². The first kappa shape index (κ1) is 15.1. The van der Waals surface area contributed by atoms with E-state index in [9.17, 15) is 4.79 Å². The molecule has 0 aliphatic carbocycles. The fourth-order valence-electron chi connectivity index (χ4n) is 1.67. The zero-order chi connectivity index (χ0) is 15.1. The SMILES string of the molecule is CN(Cc1csc(C#CCN)c1)C(=O)Oc1ccccc1. The molecule has 21 heavy (non-hydrogen) atoms. The normalized spacial score (nSPS) is 9.62. The topological polar surface area (TPSA) is 55.6 Å². The third-order valence-corrected chi connectivity index (χ3v) is 3.54. The molecule has 0 saturated heterocycles. The first-order valence-corrected chi connectivity index (χ1v) is 7.31. The van der Waals surface area contributed by atoms with Crippen LogP contribution in [-0.4, -0.2) is 24.6 Å². The monoisotopic (exact) mass is 300 g/mol. The number of thiophene rings is 1. The van der Waals surface area contributed by atoms with Gasteiger partial charge in [0.05, 0.1) is 11.4 Å². The molecule has 0 atom stereocenters. The molecular formula is C16H16N2O2S. The van der Waals surface area contributed by atoms with Gasteiger partial charge in [0.25, 0.3) is 0 Å². The number of carbonyl (C=O) groups excluding carboxylic acids is 1. The van der Waals surface area contributed by atoms with Gasteiger partial charge in [0.1, 0.15) is 5.75 Å². The van der Waals surface area contributed by atoms with Gasteiger partial charge in [-0.05, 0) is 29.1 Å². The van der Waals surface area contributed by atoms with Crippen molar-refractivity contribution in [2.75, 3.05) is 13.6 Å². The largest absolute Gasteiger partial charge is 0.415 e. The van der Waals surface area contributed by atoms with E-state index in [1.165, 1.54) is 16.2 Å². The zero-order valence-corrected chi connectivity index (χ0v) is 12.5. The Morgan fingerprint density at radius 1 is 1.38 bits per heavy atom. The molecule has 1 heterocycles. The maximum atomic E-state index is 12.0. The highest BCUT2D eigenvalue weighted by Gasteiger charge is 2.12. The molecule has 1 aromatic heterocycles. The van der Waals surface area contributed by atoms with Crippen LogP contribution in [0.15, 0.2) is 41.8 Å². The van der Waals surface area contributed by atoms with Gasteiger partial charge in [-0.2, -0.15) is 0 Å². The van der Waals surface area contributed by atoms with Crippen molar-refractivity contribution in [3.05, 3.63) is 52.2 Å². The van der Waals surface area contributed by atoms with Gasteiger partial charge in [0.15, 0.2) is 0 Å². The third-order valence-electron chi connectivity index (χ3n) is 2.65. The van der Waals surface area contributed by atoms with Crippen LogP contribution in [0.25, 0.3) is 0 Å². The van der Waals surface area contributed by atoms with Crippen molar-refractivity contribution < 1.29 is 9.53 Å². The van der Waals surface area contributed by atoms with E-state index < -0.39 is 0 Å². The Labute approximate surface area is 128 Å². The third kappa shape index (κ3) is 4.63. The lowest BCUT2D eigenvalue weighted by molar-refractivity contribution is 0.161. The number of benzene rings is 1. The molecule has 0 unspecified atom stereocenters. The summed E-state index contributed by atoms with van der Waals surface area (Å²) in [6, 6.07) is 11.0. The molecule has 0 spiro atoms. The number of hydrogen-bond acceptors (Lipinski definition) is 4. The van der Waals surface area contributed by atoms with Crippen LogP contribution in [0.1, 0.15) is 10.4 Å². The quantitative estimate of drug-likeness (QED) is 0.887. The fraction of sp³-hybridized carbons (Fsp3) is 0.188. The molecule has 4 nitrogen and oxygen atoms in total. The molecule has 2 N–H and O–H groups in total. The predicted octanol–water partition coefficient (Wildman–Crippen LogP) is 2.69. The Kier molecular flexibility index (Phi) is 5.38. The Bertz CT molecular complexity index is 656. The molecule has 0 saturated carbocycles. The molecular weight excluding hydrogens is 284 g/mol. The minimum atomic E-state index is -0.387. The Balaban J connectivity index is 1.93. The molecule has 108 valence electrons. The lowest BCUT2D eigenvalue weighted by Gasteiger charge is -2.15. The van der Waals surface area contributed by atoms with Crippen LogP contribution in [0.3, 0.4) is 0 Å². The number of rotatable bonds is 3. The standard InChI is InChI=1S/C16H16N2O2S/c1-18(16(19)20-14-6-3-2-4-7-14)11-13-10-15(21-12-13)8-5-9-17/h2-4,6-7,10,12H,9,11,17H2,1H3. The number of nitrogens with zero attached hydrogens (tertiary/aromatic N) is 1. The van der Waals surface area contributed by atoms with Crippen LogP contribution in [-0.2, 0) is 6.54 Å². The van der Waals surface area contributed by atoms with Gasteiger partial charge in [0.2, 0.25) is 0 Å². The van der Waals surface area contributed by atoms with Gasteiger partial charge >= 0.3 is 6.09 Å². The van der Waals surface area contributed by atoms with Crippen LogP contribution in [0.2, 0.25) is 0 Å². The summed E-state index contributed by atoms with van der Waals surface area (Å²) < 4.78 is 5.27. The summed E-state index contributed by atoms with van der Waals surface area (Å²) in [5.41, 5.74) is 6.36. The second-order valence-electron chi connectivity index (χ2n) is 4.36. The summed E-state index contributed by atoms with van der Waals surface area (Å²) in [7, 11) is 1.70. The average molecular weight is 300 g/mol. The minimum Gasteiger partial charge on any atom is -0.410 e. The van der Waals surface area contributed by atoms with Crippen molar-refractivity contribution in [1.29, 1.82) is 0 Å². The van der Waals surface area contributed by atoms with Crippen molar-refractivity contribution >= 4 is 17.4 Å². The van der Waals surface area contributed by atoms with Gasteiger partial charge in [-0.15, -0.1) is 11.3 Å². The molecule has 0 aliphatic rings. The number of para-hydroxylation sites is 1. The lowest BCUT2D eigenvalue weighted by atomic mass is 10.3. The maximum Gasteiger partial charge on any atom is 0.415 e. The highest BCUT2D eigenvalue weighted by Crippen LogP contribution is 2.16. The minimum absolute atomic E-state index is 0.344. The van der Waals surface area contributed by atoms with Crippen molar-refractivity contribution in [2.24, 2.45) is 5.73 Å². The van der Waals surface area contributed by atoms with E-state index in [0.29, 0.717) is 18.8 Å².